The number of halogens is 1. The van der Waals surface area contributed by atoms with Gasteiger partial charge in [-0.3, -0.25) is 9.59 Å². The van der Waals surface area contributed by atoms with Gasteiger partial charge in [0.15, 0.2) is 0 Å². The van der Waals surface area contributed by atoms with Gasteiger partial charge in [-0.05, 0) is 47.0 Å². The molecule has 1 aromatic rings. The van der Waals surface area contributed by atoms with Crippen LogP contribution >= 0.6 is 15.9 Å². The van der Waals surface area contributed by atoms with Crippen molar-refractivity contribution in [1.82, 2.24) is 5.32 Å². The molecule has 0 spiro atoms. The van der Waals surface area contributed by atoms with Gasteiger partial charge in [0, 0.05) is 4.47 Å². The summed E-state index contributed by atoms with van der Waals surface area (Å²) in [6.45, 7) is 3.51. The van der Waals surface area contributed by atoms with Gasteiger partial charge < -0.3 is 15.7 Å². The second-order valence-corrected chi connectivity index (χ2v) is 5.05. The first-order valence-electron chi connectivity index (χ1n) is 5.96. The van der Waals surface area contributed by atoms with Crippen LogP contribution in [0.15, 0.2) is 22.7 Å². The van der Waals surface area contributed by atoms with Gasteiger partial charge in [-0.25, -0.2) is 0 Å². The standard InChI is InChI=1S/C13H17BrN2O3/c1-3-9(7-17)15-12(18)13(19)16-11-6-8(2)4-5-10(11)14/h4-6,9,17H,3,7H2,1-2H3,(H,15,18)(H,16,19). The molecule has 0 heterocycles. The third-order valence-electron chi connectivity index (χ3n) is 2.62. The molecule has 0 aromatic heterocycles. The summed E-state index contributed by atoms with van der Waals surface area (Å²) in [5.41, 5.74) is 1.51. The van der Waals surface area contributed by atoms with E-state index in [0.29, 0.717) is 16.6 Å². The zero-order valence-electron chi connectivity index (χ0n) is 10.9. The highest BCUT2D eigenvalue weighted by Gasteiger charge is 2.18. The number of hydrogen-bond donors (Lipinski definition) is 3. The number of nitrogens with one attached hydrogen (secondary N) is 2. The molecule has 0 fully saturated rings. The number of carbonyl (C=O) groups excluding carboxylic acids is 2. The highest BCUT2D eigenvalue weighted by atomic mass is 79.9. The third-order valence-corrected chi connectivity index (χ3v) is 3.32. The van der Waals surface area contributed by atoms with Gasteiger partial charge in [0.25, 0.3) is 0 Å². The van der Waals surface area contributed by atoms with Crippen LogP contribution in [0.5, 0.6) is 0 Å². The van der Waals surface area contributed by atoms with E-state index in [1.807, 2.05) is 19.9 Å². The second-order valence-electron chi connectivity index (χ2n) is 4.20. The Kier molecular flexibility index (Phi) is 5.98. The minimum atomic E-state index is -0.755. The minimum absolute atomic E-state index is 0.191. The molecular weight excluding hydrogens is 312 g/mol. The second kappa shape index (κ2) is 7.25. The predicted octanol–water partition coefficient (Wildman–Crippen LogP) is 1.58. The van der Waals surface area contributed by atoms with Crippen molar-refractivity contribution in [3.63, 3.8) is 0 Å². The molecule has 0 radical (unpaired) electrons. The van der Waals surface area contributed by atoms with Crippen molar-refractivity contribution >= 4 is 33.4 Å². The lowest BCUT2D eigenvalue weighted by Gasteiger charge is -2.14. The molecule has 1 rings (SSSR count). The largest absolute Gasteiger partial charge is 0.394 e. The van der Waals surface area contributed by atoms with Gasteiger partial charge in [-0.15, -0.1) is 0 Å². The van der Waals surface area contributed by atoms with Crippen molar-refractivity contribution in [2.45, 2.75) is 26.3 Å². The maximum absolute atomic E-state index is 11.7. The topological polar surface area (TPSA) is 78.4 Å². The molecule has 2 amide bonds. The average molecular weight is 329 g/mol. The van der Waals surface area contributed by atoms with E-state index in [0.717, 1.165) is 5.56 Å². The lowest BCUT2D eigenvalue weighted by atomic mass is 10.2. The van der Waals surface area contributed by atoms with E-state index in [2.05, 4.69) is 26.6 Å². The van der Waals surface area contributed by atoms with Crippen LogP contribution in [-0.4, -0.2) is 29.6 Å². The molecule has 0 aliphatic rings. The lowest BCUT2D eigenvalue weighted by Crippen LogP contribution is -2.43. The summed E-state index contributed by atoms with van der Waals surface area (Å²) in [4.78, 5) is 23.3. The number of amides is 2. The Morgan fingerprint density at radius 2 is 2.05 bits per heavy atom. The Labute approximate surface area is 120 Å². The fourth-order valence-electron chi connectivity index (χ4n) is 1.44. The van der Waals surface area contributed by atoms with Crippen LogP contribution in [-0.2, 0) is 9.59 Å². The van der Waals surface area contributed by atoms with Crippen LogP contribution in [0.3, 0.4) is 0 Å². The summed E-state index contributed by atoms with van der Waals surface area (Å²) in [7, 11) is 0. The van der Waals surface area contributed by atoms with Gasteiger partial charge in [0.05, 0.1) is 18.3 Å². The van der Waals surface area contributed by atoms with Crippen LogP contribution in [0, 0.1) is 6.92 Å². The Balaban J connectivity index is 2.69. The number of anilines is 1. The first-order valence-corrected chi connectivity index (χ1v) is 6.76. The molecule has 0 saturated carbocycles. The van der Waals surface area contributed by atoms with Crippen LogP contribution in [0.4, 0.5) is 5.69 Å². The van der Waals surface area contributed by atoms with E-state index >= 15 is 0 Å². The van der Waals surface area contributed by atoms with Crippen molar-refractivity contribution in [3.8, 4) is 0 Å². The molecule has 104 valence electrons. The van der Waals surface area contributed by atoms with Crippen LogP contribution < -0.4 is 10.6 Å². The van der Waals surface area contributed by atoms with Gasteiger partial charge in [-0.2, -0.15) is 0 Å². The Morgan fingerprint density at radius 1 is 1.37 bits per heavy atom. The molecule has 0 aliphatic heterocycles. The summed E-state index contributed by atoms with van der Waals surface area (Å²) in [6, 6.07) is 5.04. The molecule has 6 heteroatoms. The summed E-state index contributed by atoms with van der Waals surface area (Å²) < 4.78 is 0.702. The van der Waals surface area contributed by atoms with Crippen LogP contribution in [0.25, 0.3) is 0 Å². The SMILES string of the molecule is CCC(CO)NC(=O)C(=O)Nc1cc(C)ccc1Br. The van der Waals surface area contributed by atoms with Gasteiger partial charge in [0.2, 0.25) is 0 Å². The van der Waals surface area contributed by atoms with E-state index in [9.17, 15) is 9.59 Å². The molecule has 0 bridgehead atoms. The molecule has 5 nitrogen and oxygen atoms in total. The Morgan fingerprint density at radius 3 is 2.63 bits per heavy atom. The van der Waals surface area contributed by atoms with Crippen LogP contribution in [0.1, 0.15) is 18.9 Å². The maximum atomic E-state index is 11.7. The summed E-state index contributed by atoms with van der Waals surface area (Å²) in [5, 5.41) is 14.0. The maximum Gasteiger partial charge on any atom is 0.313 e. The molecule has 1 atom stereocenters. The molecule has 1 aromatic carbocycles. The van der Waals surface area contributed by atoms with Crippen LogP contribution in [0.2, 0.25) is 0 Å². The number of rotatable bonds is 4. The fourth-order valence-corrected chi connectivity index (χ4v) is 1.79. The van der Waals surface area contributed by atoms with E-state index < -0.39 is 17.9 Å². The quantitative estimate of drug-likeness (QED) is 0.734. The first-order chi connectivity index (χ1) is 8.97. The molecule has 1 unspecified atom stereocenters. The number of aliphatic hydroxyl groups is 1. The van der Waals surface area contributed by atoms with Gasteiger partial charge in [-0.1, -0.05) is 13.0 Å². The van der Waals surface area contributed by atoms with Crippen molar-refractivity contribution in [2.24, 2.45) is 0 Å². The number of benzene rings is 1. The number of aliphatic hydroxyl groups excluding tert-OH is 1. The van der Waals surface area contributed by atoms with Gasteiger partial charge >= 0.3 is 11.8 Å². The Hall–Kier alpha value is -1.40. The number of hydrogen-bond acceptors (Lipinski definition) is 3. The highest BCUT2D eigenvalue weighted by Crippen LogP contribution is 2.23. The van der Waals surface area contributed by atoms with Gasteiger partial charge in [0.1, 0.15) is 0 Å². The van der Waals surface area contributed by atoms with E-state index in [1.54, 1.807) is 12.1 Å². The summed E-state index contributed by atoms with van der Waals surface area (Å²) in [5.74, 6) is -1.51. The van der Waals surface area contributed by atoms with Crippen molar-refractivity contribution in [2.75, 3.05) is 11.9 Å². The average Bonchev–Trinajstić information content (AvgIpc) is 2.39. The van der Waals surface area contributed by atoms with Crippen molar-refractivity contribution in [3.05, 3.63) is 28.2 Å². The third kappa shape index (κ3) is 4.65. The lowest BCUT2D eigenvalue weighted by molar-refractivity contribution is -0.136. The smallest absolute Gasteiger partial charge is 0.313 e. The summed E-state index contributed by atoms with van der Waals surface area (Å²) >= 11 is 3.30. The normalized spacial score (nSPS) is 11.8. The molecule has 0 aliphatic carbocycles. The zero-order valence-corrected chi connectivity index (χ0v) is 12.5. The Bertz CT molecular complexity index is 473. The fraction of sp³-hybridized carbons (Fsp3) is 0.385. The molecule has 3 N–H and O–H groups in total. The van der Waals surface area contributed by atoms with Crippen molar-refractivity contribution < 1.29 is 14.7 Å². The number of aryl methyl sites for hydroxylation is 1. The molecule has 19 heavy (non-hydrogen) atoms. The molecular formula is C13H17BrN2O3. The monoisotopic (exact) mass is 328 g/mol. The predicted molar refractivity (Wildman–Crippen MR) is 76.8 cm³/mol. The number of carbonyl (C=O) groups is 2. The summed E-state index contributed by atoms with van der Waals surface area (Å²) in [6.07, 6.45) is 0.559. The molecule has 0 saturated heterocycles. The highest BCUT2D eigenvalue weighted by molar-refractivity contribution is 9.10. The van der Waals surface area contributed by atoms with E-state index in [-0.39, 0.29) is 6.61 Å². The van der Waals surface area contributed by atoms with E-state index in [1.165, 1.54) is 0 Å². The van der Waals surface area contributed by atoms with E-state index in [4.69, 9.17) is 5.11 Å². The van der Waals surface area contributed by atoms with Crippen molar-refractivity contribution in [1.29, 1.82) is 0 Å². The minimum Gasteiger partial charge on any atom is -0.394 e. The first kappa shape index (κ1) is 15.7. The zero-order chi connectivity index (χ0) is 14.4.